The molecule has 1 saturated heterocycles. The van der Waals surface area contributed by atoms with Crippen LogP contribution in [-0.2, 0) is 11.2 Å². The van der Waals surface area contributed by atoms with Gasteiger partial charge >= 0.3 is 0 Å². The van der Waals surface area contributed by atoms with E-state index in [0.717, 1.165) is 44.6 Å². The summed E-state index contributed by atoms with van der Waals surface area (Å²) in [4.78, 5) is 17.4. The number of ether oxygens (including phenoxy) is 2. The van der Waals surface area contributed by atoms with Crippen molar-refractivity contribution in [2.24, 2.45) is 0 Å². The normalized spacial score (nSPS) is 19.4. The van der Waals surface area contributed by atoms with Gasteiger partial charge in [0.15, 0.2) is 11.5 Å². The molecule has 32 heavy (non-hydrogen) atoms. The van der Waals surface area contributed by atoms with Crippen molar-refractivity contribution in [3.05, 3.63) is 58.6 Å². The summed E-state index contributed by atoms with van der Waals surface area (Å²) in [6.45, 7) is 5.94. The summed E-state index contributed by atoms with van der Waals surface area (Å²) < 4.78 is 11.4. The highest BCUT2D eigenvalue weighted by atomic mass is 35.5. The maximum atomic E-state index is 12.5. The second-order valence-electron chi connectivity index (χ2n) is 8.56. The third-order valence-electron chi connectivity index (χ3n) is 6.05. The lowest BCUT2D eigenvalue weighted by molar-refractivity contribution is -0.120. The van der Waals surface area contributed by atoms with E-state index in [2.05, 4.69) is 52.5 Å². The van der Waals surface area contributed by atoms with Gasteiger partial charge in [0.05, 0.1) is 24.7 Å². The summed E-state index contributed by atoms with van der Waals surface area (Å²) >= 11 is 6.34. The zero-order chi connectivity index (χ0) is 22.3. The van der Waals surface area contributed by atoms with Crippen molar-refractivity contribution in [1.82, 2.24) is 15.1 Å². The Hall–Kier alpha value is -2.28. The second-order valence-corrected chi connectivity index (χ2v) is 8.97. The van der Waals surface area contributed by atoms with E-state index >= 15 is 0 Å². The maximum absolute atomic E-state index is 12.5. The summed E-state index contributed by atoms with van der Waals surface area (Å²) in [7, 11) is 2.18. The maximum Gasteiger partial charge on any atom is 0.224 e. The Morgan fingerprint density at radius 3 is 2.81 bits per heavy atom. The van der Waals surface area contributed by atoms with Crippen LogP contribution in [0.5, 0.6) is 11.5 Å². The van der Waals surface area contributed by atoms with Gasteiger partial charge in [0.1, 0.15) is 0 Å². The Labute approximate surface area is 195 Å². The first-order valence-corrected chi connectivity index (χ1v) is 11.8. The third-order valence-corrected chi connectivity index (χ3v) is 6.33. The van der Waals surface area contributed by atoms with E-state index in [1.807, 2.05) is 6.07 Å². The number of fused-ring (bicyclic) bond motifs is 1. The number of piperazine rings is 1. The fourth-order valence-electron chi connectivity index (χ4n) is 4.36. The van der Waals surface area contributed by atoms with Crippen LogP contribution in [0.4, 0.5) is 0 Å². The van der Waals surface area contributed by atoms with E-state index in [4.69, 9.17) is 21.1 Å². The molecule has 7 heteroatoms. The highest BCUT2D eigenvalue weighted by Crippen LogP contribution is 2.38. The van der Waals surface area contributed by atoms with Gasteiger partial charge in [-0.25, -0.2) is 0 Å². The summed E-state index contributed by atoms with van der Waals surface area (Å²) in [5.74, 6) is 1.20. The zero-order valence-corrected chi connectivity index (χ0v) is 19.4. The average Bonchev–Trinajstić information content (AvgIpc) is 3.04. The monoisotopic (exact) mass is 457 g/mol. The molecule has 1 fully saturated rings. The van der Waals surface area contributed by atoms with Gasteiger partial charge in [-0.05, 0) is 36.7 Å². The number of rotatable bonds is 7. The minimum Gasteiger partial charge on any atom is -0.489 e. The summed E-state index contributed by atoms with van der Waals surface area (Å²) in [6, 6.07) is 14.7. The van der Waals surface area contributed by atoms with Gasteiger partial charge in [0, 0.05) is 45.2 Å². The lowest BCUT2D eigenvalue weighted by atomic mass is 10.0. The zero-order valence-electron chi connectivity index (χ0n) is 18.7. The molecular weight excluding hydrogens is 426 g/mol. The average molecular weight is 458 g/mol. The van der Waals surface area contributed by atoms with E-state index in [9.17, 15) is 4.79 Å². The summed E-state index contributed by atoms with van der Waals surface area (Å²) in [5, 5.41) is 3.55. The molecule has 6 nitrogen and oxygen atoms in total. The van der Waals surface area contributed by atoms with Crippen LogP contribution in [0.15, 0.2) is 42.5 Å². The first-order valence-electron chi connectivity index (χ1n) is 11.4. The number of nitrogens with zero attached hydrogens (tertiary/aromatic N) is 2. The fourth-order valence-corrected chi connectivity index (χ4v) is 4.65. The molecule has 0 aliphatic carbocycles. The number of nitrogens with one attached hydrogen (secondary N) is 1. The molecule has 1 amide bonds. The van der Waals surface area contributed by atoms with Crippen LogP contribution < -0.4 is 14.8 Å². The van der Waals surface area contributed by atoms with E-state index in [1.54, 1.807) is 6.07 Å². The van der Waals surface area contributed by atoms with Gasteiger partial charge in [-0.1, -0.05) is 41.9 Å². The summed E-state index contributed by atoms with van der Waals surface area (Å²) in [6.07, 6.45) is 2.01. The molecule has 0 radical (unpaired) electrons. The molecule has 2 aliphatic rings. The number of carbonyl (C=O) groups excluding carboxylic acids is 1. The fraction of sp³-hybridized carbons (Fsp3) is 0.480. The number of likely N-dealkylation sites (N-methyl/N-ethyl adjacent to an activating group) is 1. The van der Waals surface area contributed by atoms with Crippen LogP contribution in [0.3, 0.4) is 0 Å². The molecule has 0 saturated carbocycles. The number of benzene rings is 2. The topological polar surface area (TPSA) is 54.0 Å². The minimum absolute atomic E-state index is 0.00598. The smallest absolute Gasteiger partial charge is 0.224 e. The molecule has 1 N–H and O–H groups in total. The van der Waals surface area contributed by atoms with Crippen molar-refractivity contribution in [3.8, 4) is 11.5 Å². The number of carbonyl (C=O) groups is 1. The highest BCUT2D eigenvalue weighted by Gasteiger charge is 2.26. The minimum atomic E-state index is -0.00598. The van der Waals surface area contributed by atoms with Crippen LogP contribution in [0, 0.1) is 0 Å². The van der Waals surface area contributed by atoms with Crippen LogP contribution in [0.25, 0.3) is 0 Å². The van der Waals surface area contributed by atoms with Gasteiger partial charge in [-0.2, -0.15) is 0 Å². The van der Waals surface area contributed by atoms with Crippen molar-refractivity contribution < 1.29 is 14.3 Å². The predicted molar refractivity (Wildman–Crippen MR) is 127 cm³/mol. The molecule has 2 aromatic carbocycles. The number of halogens is 1. The number of hydrogen-bond acceptors (Lipinski definition) is 5. The van der Waals surface area contributed by atoms with Crippen LogP contribution >= 0.6 is 11.6 Å². The van der Waals surface area contributed by atoms with Crippen molar-refractivity contribution in [3.63, 3.8) is 0 Å². The van der Waals surface area contributed by atoms with Crippen molar-refractivity contribution in [2.75, 3.05) is 53.0 Å². The molecule has 172 valence electrons. The molecule has 1 atom stereocenters. The Morgan fingerprint density at radius 1 is 1.16 bits per heavy atom. The molecular formula is C25H32ClN3O3. The van der Waals surface area contributed by atoms with Gasteiger partial charge in [-0.3, -0.25) is 9.69 Å². The third kappa shape index (κ3) is 5.94. The Kier molecular flexibility index (Phi) is 7.90. The van der Waals surface area contributed by atoms with Gasteiger partial charge in [-0.15, -0.1) is 0 Å². The predicted octanol–water partition coefficient (Wildman–Crippen LogP) is 3.54. The Balaban J connectivity index is 1.26. The molecule has 4 rings (SSSR count). The van der Waals surface area contributed by atoms with E-state index < -0.39 is 0 Å². The Bertz CT molecular complexity index is 909. The quantitative estimate of drug-likeness (QED) is 0.644. The Morgan fingerprint density at radius 2 is 1.97 bits per heavy atom. The lowest BCUT2D eigenvalue weighted by Crippen LogP contribution is -2.47. The standard InChI is InChI=1S/C25H32ClN3O3/c1-28-11-12-29(22(18-28)20-7-3-2-4-8-20)10-5-9-27-24(30)17-19-15-21(26)25-23(16-19)31-13-6-14-32-25/h2-4,7-8,15-16,22H,5-6,9-14,17-18H2,1H3,(H,27,30). The summed E-state index contributed by atoms with van der Waals surface area (Å²) in [5.41, 5.74) is 2.19. The van der Waals surface area contributed by atoms with Crippen molar-refractivity contribution in [2.45, 2.75) is 25.3 Å². The van der Waals surface area contributed by atoms with E-state index in [1.165, 1.54) is 5.56 Å². The van der Waals surface area contributed by atoms with Crippen molar-refractivity contribution in [1.29, 1.82) is 0 Å². The van der Waals surface area contributed by atoms with E-state index in [0.29, 0.717) is 42.3 Å². The van der Waals surface area contributed by atoms with Gasteiger partial charge in [0.2, 0.25) is 5.91 Å². The molecule has 0 bridgehead atoms. The van der Waals surface area contributed by atoms with Crippen molar-refractivity contribution >= 4 is 17.5 Å². The molecule has 2 aliphatic heterocycles. The second kappa shape index (κ2) is 11.0. The molecule has 2 aromatic rings. The molecule has 2 heterocycles. The SMILES string of the molecule is CN1CCN(CCCNC(=O)Cc2cc(Cl)c3c(c2)OCCCO3)C(c2ccccc2)C1. The van der Waals surface area contributed by atoms with E-state index in [-0.39, 0.29) is 12.3 Å². The molecule has 1 unspecified atom stereocenters. The first kappa shape index (κ1) is 22.9. The van der Waals surface area contributed by atoms with Crippen LogP contribution in [0.1, 0.15) is 30.0 Å². The molecule has 0 spiro atoms. The van der Waals surface area contributed by atoms with Gasteiger partial charge < -0.3 is 19.7 Å². The molecule has 0 aromatic heterocycles. The number of hydrogen-bond donors (Lipinski definition) is 1. The van der Waals surface area contributed by atoms with Crippen LogP contribution in [-0.4, -0.2) is 68.7 Å². The highest BCUT2D eigenvalue weighted by molar-refractivity contribution is 6.32. The lowest BCUT2D eigenvalue weighted by Gasteiger charge is -2.40. The number of amides is 1. The first-order chi connectivity index (χ1) is 15.6. The van der Waals surface area contributed by atoms with Gasteiger partial charge in [0.25, 0.3) is 0 Å². The largest absolute Gasteiger partial charge is 0.489 e. The van der Waals surface area contributed by atoms with Crippen LogP contribution in [0.2, 0.25) is 5.02 Å².